The molecule has 92 valence electrons. The Bertz CT molecular complexity index is 647. The van der Waals surface area contributed by atoms with Crippen molar-refractivity contribution >= 4 is 38.3 Å². The van der Waals surface area contributed by atoms with E-state index in [9.17, 15) is 0 Å². The maximum atomic E-state index is 6.09. The molecule has 0 amide bonds. The Hall–Kier alpha value is -1.59. The van der Waals surface area contributed by atoms with Gasteiger partial charge >= 0.3 is 0 Å². The van der Waals surface area contributed by atoms with E-state index < -0.39 is 0 Å². The van der Waals surface area contributed by atoms with Crippen molar-refractivity contribution in [2.75, 3.05) is 11.9 Å². The summed E-state index contributed by atoms with van der Waals surface area (Å²) in [5, 5.41) is 9.02. The second-order valence-electron chi connectivity index (χ2n) is 3.80. The van der Waals surface area contributed by atoms with Gasteiger partial charge in [-0.1, -0.05) is 29.0 Å². The van der Waals surface area contributed by atoms with Crippen molar-refractivity contribution in [3.63, 3.8) is 0 Å². The average molecular weight is 279 g/mol. The van der Waals surface area contributed by atoms with E-state index in [0.29, 0.717) is 5.02 Å². The normalized spacial score (nSPS) is 10.9. The molecular formula is C12H11ClN4S. The molecule has 0 saturated heterocycles. The third-order valence-corrected chi connectivity index (χ3v) is 3.83. The van der Waals surface area contributed by atoms with Gasteiger partial charge in [-0.2, -0.15) is 5.10 Å². The Morgan fingerprint density at radius 3 is 3.06 bits per heavy atom. The Kier molecular flexibility index (Phi) is 3.17. The molecule has 3 aromatic rings. The molecule has 3 rings (SSSR count). The zero-order chi connectivity index (χ0) is 12.4. The lowest BCUT2D eigenvalue weighted by molar-refractivity contribution is 0.638. The molecule has 2 aromatic heterocycles. The summed E-state index contributed by atoms with van der Waals surface area (Å²) in [6.07, 6.45) is 3.72. The lowest BCUT2D eigenvalue weighted by Crippen LogP contribution is -2.10. The fourth-order valence-corrected chi connectivity index (χ4v) is 2.89. The van der Waals surface area contributed by atoms with E-state index in [2.05, 4.69) is 15.4 Å². The van der Waals surface area contributed by atoms with Crippen LogP contribution in [0.3, 0.4) is 0 Å². The van der Waals surface area contributed by atoms with Crippen LogP contribution in [0, 0.1) is 0 Å². The fourth-order valence-electron chi connectivity index (χ4n) is 1.70. The number of anilines is 1. The summed E-state index contributed by atoms with van der Waals surface area (Å²) < 4.78 is 2.98. The molecule has 0 radical (unpaired) electrons. The molecular weight excluding hydrogens is 268 g/mol. The van der Waals surface area contributed by atoms with E-state index >= 15 is 0 Å². The lowest BCUT2D eigenvalue weighted by Gasteiger charge is -2.02. The van der Waals surface area contributed by atoms with E-state index in [0.717, 1.165) is 28.4 Å². The minimum absolute atomic E-state index is 0.698. The van der Waals surface area contributed by atoms with Crippen molar-refractivity contribution in [2.24, 2.45) is 0 Å². The van der Waals surface area contributed by atoms with Crippen LogP contribution in [0.15, 0.2) is 36.7 Å². The number of halogens is 1. The van der Waals surface area contributed by atoms with Crippen LogP contribution in [0.2, 0.25) is 5.02 Å². The predicted molar refractivity (Wildman–Crippen MR) is 75.3 cm³/mol. The molecule has 0 aliphatic carbocycles. The second kappa shape index (κ2) is 4.96. The third-order valence-electron chi connectivity index (χ3n) is 2.55. The van der Waals surface area contributed by atoms with Gasteiger partial charge in [-0.3, -0.25) is 4.68 Å². The van der Waals surface area contributed by atoms with Gasteiger partial charge in [0.2, 0.25) is 0 Å². The van der Waals surface area contributed by atoms with Crippen molar-refractivity contribution < 1.29 is 0 Å². The van der Waals surface area contributed by atoms with Crippen molar-refractivity contribution in [2.45, 2.75) is 6.54 Å². The van der Waals surface area contributed by atoms with Crippen LogP contribution in [0.25, 0.3) is 10.2 Å². The lowest BCUT2D eigenvalue weighted by atomic mass is 10.3. The van der Waals surface area contributed by atoms with Gasteiger partial charge in [0.25, 0.3) is 0 Å². The van der Waals surface area contributed by atoms with E-state index in [1.54, 1.807) is 17.5 Å². The van der Waals surface area contributed by atoms with Gasteiger partial charge < -0.3 is 5.32 Å². The van der Waals surface area contributed by atoms with Gasteiger partial charge in [0, 0.05) is 18.9 Å². The quantitative estimate of drug-likeness (QED) is 0.796. The van der Waals surface area contributed by atoms with Crippen LogP contribution >= 0.6 is 22.9 Å². The highest BCUT2D eigenvalue weighted by atomic mass is 35.5. The number of hydrogen-bond acceptors (Lipinski definition) is 4. The minimum Gasteiger partial charge on any atom is -0.360 e. The molecule has 1 aromatic carbocycles. The molecule has 4 nitrogen and oxygen atoms in total. The maximum Gasteiger partial charge on any atom is 0.183 e. The van der Waals surface area contributed by atoms with Gasteiger partial charge in [-0.25, -0.2) is 4.98 Å². The molecule has 1 N–H and O–H groups in total. The van der Waals surface area contributed by atoms with Crippen molar-refractivity contribution in [3.8, 4) is 0 Å². The van der Waals surface area contributed by atoms with Crippen molar-refractivity contribution in [1.82, 2.24) is 14.8 Å². The highest BCUT2D eigenvalue weighted by Crippen LogP contribution is 2.30. The molecule has 0 spiro atoms. The molecule has 0 bridgehead atoms. The van der Waals surface area contributed by atoms with Crippen LogP contribution in [-0.2, 0) is 6.54 Å². The molecule has 0 saturated carbocycles. The van der Waals surface area contributed by atoms with Gasteiger partial charge in [-0.15, -0.1) is 0 Å². The smallest absolute Gasteiger partial charge is 0.183 e. The number of aromatic nitrogens is 3. The fraction of sp³-hybridized carbons (Fsp3) is 0.167. The summed E-state index contributed by atoms with van der Waals surface area (Å²) >= 11 is 7.70. The Morgan fingerprint density at radius 2 is 2.28 bits per heavy atom. The summed E-state index contributed by atoms with van der Waals surface area (Å²) in [7, 11) is 0. The Labute approximate surface area is 113 Å². The number of rotatable bonds is 4. The number of hydrogen-bond donors (Lipinski definition) is 1. The van der Waals surface area contributed by atoms with Crippen LogP contribution in [-0.4, -0.2) is 21.3 Å². The van der Waals surface area contributed by atoms with Crippen molar-refractivity contribution in [1.29, 1.82) is 0 Å². The first-order chi connectivity index (χ1) is 8.83. The number of benzene rings is 1. The summed E-state index contributed by atoms with van der Waals surface area (Å²) in [6.45, 7) is 1.61. The Morgan fingerprint density at radius 1 is 1.33 bits per heavy atom. The van der Waals surface area contributed by atoms with Crippen LogP contribution < -0.4 is 5.32 Å². The average Bonchev–Trinajstić information content (AvgIpc) is 2.98. The first kappa shape index (κ1) is 11.5. The molecule has 0 atom stereocenters. The molecule has 2 heterocycles. The summed E-state index contributed by atoms with van der Waals surface area (Å²) in [4.78, 5) is 4.48. The molecule has 0 aliphatic heterocycles. The van der Waals surface area contributed by atoms with Crippen LogP contribution in [0.1, 0.15) is 0 Å². The minimum atomic E-state index is 0.698. The van der Waals surface area contributed by atoms with E-state index in [-0.39, 0.29) is 0 Å². The van der Waals surface area contributed by atoms with Gasteiger partial charge in [-0.05, 0) is 18.2 Å². The monoisotopic (exact) mass is 278 g/mol. The number of nitrogens with one attached hydrogen (secondary N) is 1. The first-order valence-corrected chi connectivity index (χ1v) is 6.79. The van der Waals surface area contributed by atoms with E-state index in [4.69, 9.17) is 11.6 Å². The first-order valence-electron chi connectivity index (χ1n) is 5.59. The zero-order valence-corrected chi connectivity index (χ0v) is 11.1. The summed E-state index contributed by atoms with van der Waals surface area (Å²) in [6, 6.07) is 7.74. The topological polar surface area (TPSA) is 42.7 Å². The highest BCUT2D eigenvalue weighted by molar-refractivity contribution is 7.22. The molecule has 6 heteroatoms. The number of nitrogens with zero attached hydrogens (tertiary/aromatic N) is 3. The van der Waals surface area contributed by atoms with Gasteiger partial charge in [0.15, 0.2) is 5.13 Å². The highest BCUT2D eigenvalue weighted by Gasteiger charge is 2.05. The number of para-hydroxylation sites is 1. The van der Waals surface area contributed by atoms with Crippen molar-refractivity contribution in [3.05, 3.63) is 41.7 Å². The van der Waals surface area contributed by atoms with Crippen LogP contribution in [0.5, 0.6) is 0 Å². The SMILES string of the molecule is Clc1cccc2sc(NCCn3cccn3)nc12. The number of thiazole rings is 1. The zero-order valence-electron chi connectivity index (χ0n) is 9.51. The van der Waals surface area contributed by atoms with Crippen LogP contribution in [0.4, 0.5) is 5.13 Å². The van der Waals surface area contributed by atoms with Gasteiger partial charge in [0.1, 0.15) is 5.52 Å². The molecule has 18 heavy (non-hydrogen) atoms. The van der Waals surface area contributed by atoms with E-state index in [1.165, 1.54) is 0 Å². The molecule has 0 unspecified atom stereocenters. The number of fused-ring (bicyclic) bond motifs is 1. The third kappa shape index (κ3) is 2.32. The predicted octanol–water partition coefficient (Wildman–Crippen LogP) is 3.26. The standard InChI is InChI=1S/C12H11ClN4S/c13-9-3-1-4-10-11(9)16-12(18-10)14-6-8-17-7-2-5-15-17/h1-5,7H,6,8H2,(H,14,16). The maximum absolute atomic E-state index is 6.09. The van der Waals surface area contributed by atoms with E-state index in [1.807, 2.05) is 35.1 Å². The largest absolute Gasteiger partial charge is 0.360 e. The Balaban J connectivity index is 1.69. The molecule has 0 aliphatic rings. The summed E-state index contributed by atoms with van der Waals surface area (Å²) in [5.41, 5.74) is 0.866. The second-order valence-corrected chi connectivity index (χ2v) is 5.24. The summed E-state index contributed by atoms with van der Waals surface area (Å²) in [5.74, 6) is 0. The van der Waals surface area contributed by atoms with Gasteiger partial charge in [0.05, 0.1) is 16.3 Å². The molecule has 0 fully saturated rings.